The molecule has 61 heavy (non-hydrogen) atoms. The van der Waals surface area contributed by atoms with Crippen molar-refractivity contribution in [3.8, 4) is 0 Å². The van der Waals surface area contributed by atoms with Gasteiger partial charge in [0, 0.05) is 12.8 Å². The van der Waals surface area contributed by atoms with Gasteiger partial charge in [-0.05, 0) is 83.5 Å². The Balaban J connectivity index is 4.68. The van der Waals surface area contributed by atoms with Crippen molar-refractivity contribution in [2.75, 3.05) is 19.8 Å². The summed E-state index contributed by atoms with van der Waals surface area (Å²) in [4.78, 5) is 46.0. The standard InChI is InChI=1S/C48H74NO11P/c1-3-5-7-9-11-13-15-17-19-21-23-25-27-29-31-33-35-37-46(51)57-40-44(41-58-61(55,56)59-42-45(49)48(53)54)60-47(52)39-38-43(50)36-34-32-30-28-26-24-22-20-18-16-14-12-10-8-6-4-2/h5-8,11-14,17-20,23-26,30,32,34,36,43-45,50H,3-4,9-10,15-16,21-22,27-29,31,33,35,37-42,49H2,1-2H3,(H,53,54)(H,55,56)/b7-5-,8-6-,13-11-,14-12-,19-17-,20-18-,25-23-,26-24-,32-30-,36-34-/t43?,44-,45+/m1/s1. The summed E-state index contributed by atoms with van der Waals surface area (Å²) in [6, 6.07) is -1.57. The number of carboxylic acids is 1. The summed E-state index contributed by atoms with van der Waals surface area (Å²) >= 11 is 0. The molecule has 0 rings (SSSR count). The Kier molecular flexibility index (Phi) is 38.4. The lowest BCUT2D eigenvalue weighted by atomic mass is 10.1. The minimum Gasteiger partial charge on any atom is -0.480 e. The Hall–Kier alpha value is -4.16. The van der Waals surface area contributed by atoms with Gasteiger partial charge in [0.15, 0.2) is 6.10 Å². The molecular weight excluding hydrogens is 797 g/mol. The average Bonchev–Trinajstić information content (AvgIpc) is 3.23. The van der Waals surface area contributed by atoms with Crippen LogP contribution in [0.4, 0.5) is 0 Å². The van der Waals surface area contributed by atoms with E-state index >= 15 is 0 Å². The number of rotatable bonds is 38. The van der Waals surface area contributed by atoms with Gasteiger partial charge in [-0.1, -0.05) is 148 Å². The van der Waals surface area contributed by atoms with Gasteiger partial charge in [-0.3, -0.25) is 23.4 Å². The molecule has 0 radical (unpaired) electrons. The quantitative estimate of drug-likeness (QED) is 0.0151. The van der Waals surface area contributed by atoms with Crippen LogP contribution in [0.3, 0.4) is 0 Å². The third kappa shape index (κ3) is 41.0. The number of allylic oxidation sites excluding steroid dienone is 19. The van der Waals surface area contributed by atoms with Crippen molar-refractivity contribution < 1.29 is 52.6 Å². The van der Waals surface area contributed by atoms with Crippen LogP contribution in [0.1, 0.15) is 123 Å². The Labute approximate surface area is 365 Å². The number of aliphatic hydroxyl groups excluding tert-OH is 1. The number of unbranched alkanes of at least 4 members (excludes halogenated alkanes) is 4. The first kappa shape index (κ1) is 56.8. The number of aliphatic hydroxyl groups is 1. The molecule has 13 heteroatoms. The molecule has 4 atom stereocenters. The number of nitrogens with two attached hydrogens (primary N) is 1. The largest absolute Gasteiger partial charge is 0.480 e. The first-order valence-electron chi connectivity index (χ1n) is 21.7. The molecule has 0 aliphatic carbocycles. The molecule has 2 unspecified atom stereocenters. The molecule has 0 saturated carbocycles. The van der Waals surface area contributed by atoms with E-state index in [1.54, 1.807) is 12.2 Å². The number of hydrogen-bond donors (Lipinski definition) is 4. The van der Waals surface area contributed by atoms with Crippen molar-refractivity contribution in [2.24, 2.45) is 5.73 Å². The first-order chi connectivity index (χ1) is 29.5. The second-order valence-electron chi connectivity index (χ2n) is 13.9. The fraction of sp³-hybridized carbons (Fsp3) is 0.521. The van der Waals surface area contributed by atoms with E-state index in [0.29, 0.717) is 6.42 Å². The van der Waals surface area contributed by atoms with Crippen molar-refractivity contribution in [3.63, 3.8) is 0 Å². The highest BCUT2D eigenvalue weighted by molar-refractivity contribution is 7.47. The first-order valence-corrected chi connectivity index (χ1v) is 23.2. The topological polar surface area (TPSA) is 192 Å². The summed E-state index contributed by atoms with van der Waals surface area (Å²) in [5.74, 6) is -2.74. The van der Waals surface area contributed by atoms with E-state index in [1.165, 1.54) is 6.08 Å². The highest BCUT2D eigenvalue weighted by Crippen LogP contribution is 2.43. The number of carbonyl (C=O) groups excluding carboxylic acids is 2. The molecule has 0 amide bonds. The van der Waals surface area contributed by atoms with Crippen LogP contribution in [0.2, 0.25) is 0 Å². The molecule has 12 nitrogen and oxygen atoms in total. The van der Waals surface area contributed by atoms with Gasteiger partial charge < -0.3 is 30.3 Å². The maximum atomic E-state index is 12.6. The van der Waals surface area contributed by atoms with Crippen LogP contribution in [0.25, 0.3) is 0 Å². The number of phosphoric acid groups is 1. The third-order valence-electron chi connectivity index (χ3n) is 8.32. The van der Waals surface area contributed by atoms with Gasteiger partial charge in [0.2, 0.25) is 0 Å². The van der Waals surface area contributed by atoms with E-state index in [0.717, 1.165) is 83.5 Å². The summed E-state index contributed by atoms with van der Waals surface area (Å²) in [5, 5.41) is 19.2. The van der Waals surface area contributed by atoms with Crippen molar-refractivity contribution in [2.45, 2.75) is 141 Å². The Morgan fingerprint density at radius 3 is 1.59 bits per heavy atom. The summed E-state index contributed by atoms with van der Waals surface area (Å²) in [6.45, 7) is 2.28. The molecule has 0 saturated heterocycles. The molecule has 0 bridgehead atoms. The Morgan fingerprint density at radius 1 is 0.590 bits per heavy atom. The fourth-order valence-corrected chi connectivity index (χ4v) is 5.71. The van der Waals surface area contributed by atoms with Crippen molar-refractivity contribution >= 4 is 25.7 Å². The number of esters is 2. The second-order valence-corrected chi connectivity index (χ2v) is 15.4. The van der Waals surface area contributed by atoms with E-state index in [-0.39, 0.29) is 19.3 Å². The van der Waals surface area contributed by atoms with Crippen LogP contribution in [0.15, 0.2) is 122 Å². The number of ether oxygens (including phenoxy) is 2. The van der Waals surface area contributed by atoms with Crippen molar-refractivity contribution in [1.29, 1.82) is 0 Å². The molecule has 0 aromatic heterocycles. The number of carboxylic acid groups (broad SMARTS) is 1. The van der Waals surface area contributed by atoms with Crippen LogP contribution >= 0.6 is 7.82 Å². The van der Waals surface area contributed by atoms with Gasteiger partial charge in [0.1, 0.15) is 12.6 Å². The van der Waals surface area contributed by atoms with Gasteiger partial charge in [0.05, 0.1) is 19.3 Å². The molecule has 0 heterocycles. The normalized spacial score (nSPS) is 15.4. The predicted octanol–water partition coefficient (Wildman–Crippen LogP) is 10.6. The zero-order valence-electron chi connectivity index (χ0n) is 36.6. The van der Waals surface area contributed by atoms with E-state index in [4.69, 9.17) is 24.8 Å². The summed E-state index contributed by atoms with van der Waals surface area (Å²) in [6.07, 6.45) is 51.6. The van der Waals surface area contributed by atoms with E-state index in [9.17, 15) is 28.9 Å². The van der Waals surface area contributed by atoms with Crippen LogP contribution < -0.4 is 5.73 Å². The van der Waals surface area contributed by atoms with Gasteiger partial charge in [-0.2, -0.15) is 0 Å². The minimum absolute atomic E-state index is 0.0321. The van der Waals surface area contributed by atoms with Gasteiger partial charge in [0.25, 0.3) is 0 Å². The molecule has 0 aromatic carbocycles. The third-order valence-corrected chi connectivity index (χ3v) is 9.27. The molecule has 0 fully saturated rings. The SMILES string of the molecule is CC/C=C\C/C=C\C/C=C\C/C=C\C/C=C\C=C/C(O)CCC(=O)O[C@H](COC(=O)CCCCCC/C=C\C/C=C\C/C=C\C/C=C\CC)COP(=O)(O)OC[C@H](N)C(=O)O. The number of hydrogen-bond acceptors (Lipinski definition) is 10. The summed E-state index contributed by atoms with van der Waals surface area (Å²) in [5.41, 5.74) is 5.32. The van der Waals surface area contributed by atoms with Crippen LogP contribution in [-0.2, 0) is 37.5 Å². The van der Waals surface area contributed by atoms with E-state index in [2.05, 4.69) is 110 Å². The fourth-order valence-electron chi connectivity index (χ4n) is 4.93. The molecule has 0 aliphatic heterocycles. The van der Waals surface area contributed by atoms with Crippen LogP contribution in [0, 0.1) is 0 Å². The lowest BCUT2D eigenvalue weighted by Gasteiger charge is -2.20. The molecular formula is C48H74NO11P. The number of carbonyl (C=O) groups is 3. The monoisotopic (exact) mass is 871 g/mol. The van der Waals surface area contributed by atoms with Gasteiger partial charge >= 0.3 is 25.7 Å². The zero-order chi connectivity index (χ0) is 45.1. The van der Waals surface area contributed by atoms with Crippen molar-refractivity contribution in [3.05, 3.63) is 122 Å². The van der Waals surface area contributed by atoms with Crippen LogP contribution in [-0.4, -0.2) is 71.1 Å². The average molecular weight is 872 g/mol. The lowest BCUT2D eigenvalue weighted by molar-refractivity contribution is -0.161. The lowest BCUT2D eigenvalue weighted by Crippen LogP contribution is -2.34. The van der Waals surface area contributed by atoms with E-state index < -0.39 is 63.8 Å². The molecule has 342 valence electrons. The van der Waals surface area contributed by atoms with Crippen molar-refractivity contribution in [1.82, 2.24) is 0 Å². The number of aliphatic carboxylic acids is 1. The molecule has 0 aromatic rings. The van der Waals surface area contributed by atoms with Crippen LogP contribution in [0.5, 0.6) is 0 Å². The zero-order valence-corrected chi connectivity index (χ0v) is 37.4. The molecule has 0 spiro atoms. The maximum Gasteiger partial charge on any atom is 0.472 e. The van der Waals surface area contributed by atoms with E-state index in [1.807, 2.05) is 12.2 Å². The molecule has 5 N–H and O–H groups in total. The number of phosphoric ester groups is 1. The summed E-state index contributed by atoms with van der Waals surface area (Å²) in [7, 11) is -4.80. The predicted molar refractivity (Wildman–Crippen MR) is 245 cm³/mol. The second kappa shape index (κ2) is 41.2. The summed E-state index contributed by atoms with van der Waals surface area (Å²) < 4.78 is 32.5. The minimum atomic E-state index is -4.80. The Morgan fingerprint density at radius 2 is 1.07 bits per heavy atom. The van der Waals surface area contributed by atoms with Gasteiger partial charge in [-0.25, -0.2) is 4.57 Å². The highest BCUT2D eigenvalue weighted by atomic mass is 31.2. The smallest absolute Gasteiger partial charge is 0.472 e. The maximum absolute atomic E-state index is 12.6. The highest BCUT2D eigenvalue weighted by Gasteiger charge is 2.28. The molecule has 0 aliphatic rings. The van der Waals surface area contributed by atoms with Gasteiger partial charge in [-0.15, -0.1) is 0 Å². The Bertz CT molecular complexity index is 1510.